The van der Waals surface area contributed by atoms with Crippen molar-refractivity contribution in [3.63, 3.8) is 0 Å². The predicted octanol–water partition coefficient (Wildman–Crippen LogP) is 1.78. The van der Waals surface area contributed by atoms with E-state index in [0.29, 0.717) is 25.5 Å². The monoisotopic (exact) mass is 343 g/mol. The third kappa shape index (κ3) is 3.87. The van der Waals surface area contributed by atoms with Crippen molar-refractivity contribution >= 4 is 5.91 Å². The Morgan fingerprint density at radius 2 is 2.12 bits per heavy atom. The molecule has 1 fully saturated rings. The number of hydrogen-bond donors (Lipinski definition) is 0. The highest BCUT2D eigenvalue weighted by Crippen LogP contribution is 2.17. The van der Waals surface area contributed by atoms with Crippen LogP contribution in [0.5, 0.6) is 0 Å². The van der Waals surface area contributed by atoms with Gasteiger partial charge in [-0.05, 0) is 39.7 Å². The Kier molecular flexibility index (Phi) is 5.43. The Labute approximate surface area is 148 Å². The second-order valence-corrected chi connectivity index (χ2v) is 6.34. The van der Waals surface area contributed by atoms with E-state index in [-0.39, 0.29) is 11.9 Å². The maximum Gasteiger partial charge on any atom is 0.274 e. The molecule has 1 aliphatic rings. The maximum atomic E-state index is 12.9. The minimum Gasteiger partial charge on any atom is -0.377 e. The molecule has 1 aliphatic heterocycles. The zero-order valence-electron chi connectivity index (χ0n) is 15.1. The fraction of sp³-hybridized carbons (Fsp3) is 0.556. The molecule has 7 heteroatoms. The molecule has 3 rings (SSSR count). The van der Waals surface area contributed by atoms with Crippen molar-refractivity contribution in [2.75, 3.05) is 19.8 Å². The smallest absolute Gasteiger partial charge is 0.274 e. The topological polar surface area (TPSA) is 73.1 Å². The lowest BCUT2D eigenvalue weighted by Gasteiger charge is -2.35. The summed E-state index contributed by atoms with van der Waals surface area (Å²) in [6.07, 6.45) is 4.99. The van der Waals surface area contributed by atoms with Crippen LogP contribution in [-0.4, -0.2) is 56.4 Å². The van der Waals surface area contributed by atoms with Gasteiger partial charge in [-0.25, -0.2) is 0 Å². The fourth-order valence-corrected chi connectivity index (χ4v) is 3.23. The Morgan fingerprint density at radius 3 is 2.84 bits per heavy atom. The third-order valence-corrected chi connectivity index (χ3v) is 4.69. The molecule has 0 aromatic carbocycles. The van der Waals surface area contributed by atoms with Crippen LogP contribution in [0, 0.1) is 13.8 Å². The first-order valence-electron chi connectivity index (χ1n) is 8.79. The van der Waals surface area contributed by atoms with Gasteiger partial charge >= 0.3 is 0 Å². The van der Waals surface area contributed by atoms with Gasteiger partial charge in [-0.1, -0.05) is 0 Å². The van der Waals surface area contributed by atoms with Crippen molar-refractivity contribution in [3.05, 3.63) is 41.2 Å². The van der Waals surface area contributed by atoms with Crippen LogP contribution in [0.25, 0.3) is 0 Å². The molecule has 25 heavy (non-hydrogen) atoms. The summed E-state index contributed by atoms with van der Waals surface area (Å²) in [5.41, 5.74) is 3.44. The zero-order chi connectivity index (χ0) is 17.8. The van der Waals surface area contributed by atoms with Gasteiger partial charge in [0.1, 0.15) is 0 Å². The molecule has 0 N–H and O–H groups in total. The molecule has 134 valence electrons. The van der Waals surface area contributed by atoms with E-state index in [1.54, 1.807) is 12.4 Å². The Balaban J connectivity index is 1.71. The number of rotatable bonds is 5. The van der Waals surface area contributed by atoms with Crippen molar-refractivity contribution in [3.8, 4) is 0 Å². The summed E-state index contributed by atoms with van der Waals surface area (Å²) in [4.78, 5) is 23.5. The van der Waals surface area contributed by atoms with Gasteiger partial charge in [0, 0.05) is 31.2 Å². The van der Waals surface area contributed by atoms with Gasteiger partial charge < -0.3 is 9.64 Å². The van der Waals surface area contributed by atoms with Gasteiger partial charge in [0.15, 0.2) is 5.69 Å². The number of ether oxygens (including phenoxy) is 1. The normalized spacial score (nSPS) is 17.7. The second kappa shape index (κ2) is 7.74. The minimum absolute atomic E-state index is 0.0144. The molecule has 2 aromatic heterocycles. The third-order valence-electron chi connectivity index (χ3n) is 4.69. The molecule has 3 heterocycles. The van der Waals surface area contributed by atoms with Crippen molar-refractivity contribution in [2.24, 2.45) is 0 Å². The Morgan fingerprint density at radius 1 is 1.32 bits per heavy atom. The summed E-state index contributed by atoms with van der Waals surface area (Å²) in [5, 5.41) is 4.43. The molecule has 1 saturated heterocycles. The average Bonchev–Trinajstić information content (AvgIpc) is 3.01. The number of morpholine rings is 1. The van der Waals surface area contributed by atoms with Crippen LogP contribution in [0.2, 0.25) is 0 Å². The van der Waals surface area contributed by atoms with Gasteiger partial charge in [-0.3, -0.25) is 19.4 Å². The number of aryl methyl sites for hydroxylation is 4. The molecular weight excluding hydrogens is 318 g/mol. The molecule has 0 saturated carbocycles. The van der Waals surface area contributed by atoms with E-state index in [1.807, 2.05) is 36.4 Å². The van der Waals surface area contributed by atoms with Crippen molar-refractivity contribution in [1.29, 1.82) is 0 Å². The van der Waals surface area contributed by atoms with E-state index in [2.05, 4.69) is 15.1 Å². The van der Waals surface area contributed by atoms with E-state index in [1.165, 1.54) is 0 Å². The summed E-state index contributed by atoms with van der Waals surface area (Å²) < 4.78 is 7.46. The van der Waals surface area contributed by atoms with Gasteiger partial charge in [-0.15, -0.1) is 0 Å². The highest BCUT2D eigenvalue weighted by atomic mass is 16.5. The molecule has 0 radical (unpaired) electrons. The molecule has 1 unspecified atom stereocenters. The van der Waals surface area contributed by atoms with E-state index in [0.717, 1.165) is 36.5 Å². The van der Waals surface area contributed by atoms with Crippen LogP contribution in [0.1, 0.15) is 40.9 Å². The SMILES string of the molecule is CCn1nc(C(=O)N2CCOCC2CCc2nccnc2C)cc1C. The van der Waals surface area contributed by atoms with Crippen molar-refractivity contribution < 1.29 is 9.53 Å². The largest absolute Gasteiger partial charge is 0.377 e. The van der Waals surface area contributed by atoms with Crippen LogP contribution in [0.15, 0.2) is 18.5 Å². The summed E-state index contributed by atoms with van der Waals surface area (Å²) >= 11 is 0. The Hall–Kier alpha value is -2.28. The lowest BCUT2D eigenvalue weighted by Crippen LogP contribution is -2.49. The molecule has 1 atom stereocenters. The molecule has 1 amide bonds. The lowest BCUT2D eigenvalue weighted by molar-refractivity contribution is -0.00448. The Bertz CT molecular complexity index is 743. The van der Waals surface area contributed by atoms with E-state index >= 15 is 0 Å². The van der Waals surface area contributed by atoms with Crippen LogP contribution >= 0.6 is 0 Å². The average molecular weight is 343 g/mol. The standard InChI is InChI=1S/C18H25N5O2/c1-4-23-13(2)11-17(21-23)18(24)22-9-10-25-12-15(22)5-6-16-14(3)19-7-8-20-16/h7-8,11,15H,4-6,9-10,12H2,1-3H3. The zero-order valence-corrected chi connectivity index (χ0v) is 15.1. The first-order chi connectivity index (χ1) is 12.1. The number of carbonyl (C=O) groups is 1. The highest BCUT2D eigenvalue weighted by Gasteiger charge is 2.29. The van der Waals surface area contributed by atoms with Crippen LogP contribution in [0.3, 0.4) is 0 Å². The van der Waals surface area contributed by atoms with Gasteiger partial charge in [0.25, 0.3) is 5.91 Å². The van der Waals surface area contributed by atoms with Crippen molar-refractivity contribution in [2.45, 2.75) is 46.2 Å². The lowest BCUT2D eigenvalue weighted by atomic mass is 10.1. The molecule has 0 bridgehead atoms. The van der Waals surface area contributed by atoms with Crippen LogP contribution in [-0.2, 0) is 17.7 Å². The van der Waals surface area contributed by atoms with E-state index in [4.69, 9.17) is 4.74 Å². The summed E-state index contributed by atoms with van der Waals surface area (Å²) in [6, 6.07) is 1.90. The first kappa shape index (κ1) is 17.5. The van der Waals surface area contributed by atoms with Gasteiger partial charge in [0.2, 0.25) is 0 Å². The van der Waals surface area contributed by atoms with Crippen LogP contribution in [0.4, 0.5) is 0 Å². The molecular formula is C18H25N5O2. The quantitative estimate of drug-likeness (QED) is 0.827. The number of hydrogen-bond acceptors (Lipinski definition) is 5. The fourth-order valence-electron chi connectivity index (χ4n) is 3.23. The molecule has 0 aliphatic carbocycles. The highest BCUT2D eigenvalue weighted by molar-refractivity contribution is 5.92. The van der Waals surface area contributed by atoms with Crippen LogP contribution < -0.4 is 0 Å². The van der Waals surface area contributed by atoms with Gasteiger partial charge in [-0.2, -0.15) is 5.10 Å². The second-order valence-electron chi connectivity index (χ2n) is 6.34. The number of amides is 1. The molecule has 7 nitrogen and oxygen atoms in total. The minimum atomic E-state index is -0.0144. The maximum absolute atomic E-state index is 12.9. The van der Waals surface area contributed by atoms with Crippen molar-refractivity contribution in [1.82, 2.24) is 24.6 Å². The molecule has 0 spiro atoms. The van der Waals surface area contributed by atoms with Gasteiger partial charge in [0.05, 0.1) is 30.6 Å². The van der Waals surface area contributed by atoms with E-state index < -0.39 is 0 Å². The predicted molar refractivity (Wildman–Crippen MR) is 93.4 cm³/mol. The summed E-state index contributed by atoms with van der Waals surface area (Å²) in [5.74, 6) is -0.0144. The number of aromatic nitrogens is 4. The summed E-state index contributed by atoms with van der Waals surface area (Å²) in [7, 11) is 0. The number of nitrogens with zero attached hydrogens (tertiary/aromatic N) is 5. The number of carbonyl (C=O) groups excluding carboxylic acids is 1. The van der Waals surface area contributed by atoms with E-state index in [9.17, 15) is 4.79 Å². The first-order valence-corrected chi connectivity index (χ1v) is 8.79. The summed E-state index contributed by atoms with van der Waals surface area (Å²) in [6.45, 7) is 8.44. The molecule has 2 aromatic rings.